The van der Waals surface area contributed by atoms with Gasteiger partial charge in [-0.25, -0.2) is 0 Å². The summed E-state index contributed by atoms with van der Waals surface area (Å²) in [6, 6.07) is 46.3. The van der Waals surface area contributed by atoms with Gasteiger partial charge in [0, 0.05) is 50.9 Å². The first kappa shape index (κ1) is 44.6. The van der Waals surface area contributed by atoms with Crippen molar-refractivity contribution in [3.63, 3.8) is 0 Å². The molecule has 0 N–H and O–H groups in total. The molecule has 2 unspecified atom stereocenters. The fraction of sp³-hybridized carbons (Fsp3) is 0.419. The predicted molar refractivity (Wildman–Crippen MR) is 288 cm³/mol. The molecule has 340 valence electrons. The van der Waals surface area contributed by atoms with Gasteiger partial charge < -0.3 is 14.7 Å². The standard InChI is InChI=1S/C62H74BN3/c1-56(2,3)39-21-26-44(27-22-39)64-51-30-25-42(59(10,11)12)35-49(51)63-48-28-23-43(60(13,14)15)36-52(48)65(45-20-18-19-40(33-45)57(4,5)6)54-38-46(37-53(64)55(54)63)66-50-29-24-41(58(7,8)9)34-47(50)61(16)31-32-62(61,66)17/h18-30,33-38H,31-32H2,1-17H3. The van der Waals surface area contributed by atoms with Crippen molar-refractivity contribution in [2.45, 2.75) is 169 Å². The van der Waals surface area contributed by atoms with Crippen LogP contribution in [0.25, 0.3) is 0 Å². The molecule has 2 atom stereocenters. The second-order valence-electron chi connectivity index (χ2n) is 26.1. The highest BCUT2D eigenvalue weighted by molar-refractivity contribution is 7.00. The lowest BCUT2D eigenvalue weighted by molar-refractivity contribution is 0.133. The number of anilines is 8. The van der Waals surface area contributed by atoms with Crippen molar-refractivity contribution < 1.29 is 0 Å². The largest absolute Gasteiger partial charge is 0.334 e. The summed E-state index contributed by atoms with van der Waals surface area (Å²) in [6.07, 6.45) is 2.33. The van der Waals surface area contributed by atoms with E-state index >= 15 is 0 Å². The van der Waals surface area contributed by atoms with Crippen LogP contribution in [0.2, 0.25) is 0 Å². The van der Waals surface area contributed by atoms with Gasteiger partial charge in [0.2, 0.25) is 0 Å². The molecule has 0 spiro atoms. The maximum absolute atomic E-state index is 2.77. The number of hydrogen-bond donors (Lipinski definition) is 0. The number of nitrogens with zero attached hydrogens (tertiary/aromatic N) is 3. The van der Waals surface area contributed by atoms with Crippen LogP contribution in [0, 0.1) is 0 Å². The third-order valence-corrected chi connectivity index (χ3v) is 16.5. The lowest BCUT2D eigenvalue weighted by Gasteiger charge is -2.56. The Morgan fingerprint density at radius 2 is 0.894 bits per heavy atom. The first-order valence-corrected chi connectivity index (χ1v) is 24.8. The number of fused-ring (bicyclic) bond motifs is 7. The van der Waals surface area contributed by atoms with E-state index in [0.29, 0.717) is 0 Å². The molecule has 0 amide bonds. The van der Waals surface area contributed by atoms with Crippen molar-refractivity contribution in [2.75, 3.05) is 14.7 Å². The highest BCUT2D eigenvalue weighted by atomic mass is 15.3. The summed E-state index contributed by atoms with van der Waals surface area (Å²) in [4.78, 5) is 8.04. The Morgan fingerprint density at radius 3 is 1.45 bits per heavy atom. The number of benzene rings is 6. The lowest BCUT2D eigenvalue weighted by atomic mass is 9.33. The molecule has 6 aromatic carbocycles. The topological polar surface area (TPSA) is 9.72 Å². The molecule has 0 radical (unpaired) electrons. The van der Waals surface area contributed by atoms with Crippen LogP contribution in [0.15, 0.2) is 115 Å². The Bertz CT molecular complexity index is 2940. The van der Waals surface area contributed by atoms with E-state index in [1.165, 1.54) is 102 Å². The van der Waals surface area contributed by atoms with E-state index in [4.69, 9.17) is 0 Å². The Kier molecular flexibility index (Phi) is 9.57. The van der Waals surface area contributed by atoms with Gasteiger partial charge in [0.1, 0.15) is 0 Å². The zero-order chi connectivity index (χ0) is 47.5. The summed E-state index contributed by atoms with van der Waals surface area (Å²) >= 11 is 0. The highest BCUT2D eigenvalue weighted by Crippen LogP contribution is 2.66. The van der Waals surface area contributed by atoms with Gasteiger partial charge in [-0.15, -0.1) is 0 Å². The highest BCUT2D eigenvalue weighted by Gasteiger charge is 2.63. The quantitative estimate of drug-likeness (QED) is 0.164. The molecule has 0 bridgehead atoms. The van der Waals surface area contributed by atoms with Crippen LogP contribution in [-0.4, -0.2) is 12.3 Å². The van der Waals surface area contributed by atoms with Gasteiger partial charge >= 0.3 is 0 Å². The van der Waals surface area contributed by atoms with Crippen molar-refractivity contribution >= 4 is 68.6 Å². The molecule has 0 aromatic heterocycles. The third-order valence-electron chi connectivity index (χ3n) is 16.5. The molecule has 1 saturated carbocycles. The molecule has 10 rings (SSSR count). The fourth-order valence-corrected chi connectivity index (χ4v) is 11.8. The lowest BCUT2D eigenvalue weighted by Crippen LogP contribution is -2.62. The van der Waals surface area contributed by atoms with E-state index < -0.39 is 0 Å². The molecule has 3 heterocycles. The zero-order valence-electron chi connectivity index (χ0n) is 43.3. The minimum atomic E-state index is -0.0808. The summed E-state index contributed by atoms with van der Waals surface area (Å²) in [5.74, 6) is 0. The van der Waals surface area contributed by atoms with Gasteiger partial charge in [-0.2, -0.15) is 0 Å². The minimum absolute atomic E-state index is 0.0154. The van der Waals surface area contributed by atoms with E-state index in [1.807, 2.05) is 0 Å². The second-order valence-corrected chi connectivity index (χ2v) is 26.1. The van der Waals surface area contributed by atoms with Crippen LogP contribution in [0.4, 0.5) is 45.5 Å². The van der Waals surface area contributed by atoms with E-state index in [2.05, 4.69) is 248 Å². The van der Waals surface area contributed by atoms with Crippen molar-refractivity contribution in [3.8, 4) is 0 Å². The van der Waals surface area contributed by atoms with Gasteiger partial charge in [0.05, 0.1) is 5.54 Å². The normalized spacial score (nSPS) is 20.1. The third kappa shape index (κ3) is 6.65. The van der Waals surface area contributed by atoms with E-state index in [1.54, 1.807) is 0 Å². The molecular formula is C62H74BN3. The fourth-order valence-electron chi connectivity index (χ4n) is 11.8. The van der Waals surface area contributed by atoms with Crippen LogP contribution >= 0.6 is 0 Å². The van der Waals surface area contributed by atoms with Crippen LogP contribution in [-0.2, 0) is 32.5 Å². The summed E-state index contributed by atoms with van der Waals surface area (Å²) in [5.41, 5.74) is 22.5. The molecule has 4 heteroatoms. The summed E-state index contributed by atoms with van der Waals surface area (Å²) in [6.45, 7) is 40.3. The van der Waals surface area contributed by atoms with Crippen molar-refractivity contribution in [3.05, 3.63) is 149 Å². The maximum atomic E-state index is 2.77. The molecule has 1 fully saturated rings. The SMILES string of the molecule is CC(C)(C)c1ccc(N2c3ccc(C(C)(C)C)cc3B3c4ccc(C(C)(C)C)cc4N(c4cccc(C(C)(C)C)c4)c4cc(N5c6ccc(C(C)(C)C)cc6C6(C)CCC56C)cc2c43)cc1. The Morgan fingerprint density at radius 1 is 0.394 bits per heavy atom. The van der Waals surface area contributed by atoms with E-state index in [9.17, 15) is 0 Å². The smallest absolute Gasteiger partial charge is 0.252 e. The minimum Gasteiger partial charge on any atom is -0.334 e. The maximum Gasteiger partial charge on any atom is 0.252 e. The molecule has 66 heavy (non-hydrogen) atoms. The summed E-state index contributed by atoms with van der Waals surface area (Å²) in [7, 11) is 0. The van der Waals surface area contributed by atoms with Gasteiger partial charge in [0.25, 0.3) is 6.71 Å². The molecule has 0 saturated heterocycles. The van der Waals surface area contributed by atoms with Crippen molar-refractivity contribution in [1.29, 1.82) is 0 Å². The van der Waals surface area contributed by atoms with E-state index in [-0.39, 0.29) is 44.7 Å². The molecule has 1 aliphatic carbocycles. The first-order valence-electron chi connectivity index (χ1n) is 24.8. The average molecular weight is 872 g/mol. The molecule has 4 aliphatic rings. The van der Waals surface area contributed by atoms with Gasteiger partial charge in [0.15, 0.2) is 0 Å². The molecular weight excluding hydrogens is 798 g/mol. The van der Waals surface area contributed by atoms with Crippen LogP contribution in [0.5, 0.6) is 0 Å². The monoisotopic (exact) mass is 872 g/mol. The Labute approximate surface area is 398 Å². The molecule has 3 aliphatic heterocycles. The average Bonchev–Trinajstić information content (AvgIpc) is 3.36. The van der Waals surface area contributed by atoms with Gasteiger partial charge in [-0.05, 0) is 151 Å². The zero-order valence-corrected chi connectivity index (χ0v) is 43.3. The van der Waals surface area contributed by atoms with Crippen LogP contribution in [0.3, 0.4) is 0 Å². The number of hydrogen-bond acceptors (Lipinski definition) is 3. The molecule has 3 nitrogen and oxygen atoms in total. The van der Waals surface area contributed by atoms with Crippen molar-refractivity contribution in [1.82, 2.24) is 0 Å². The number of rotatable bonds is 3. The van der Waals surface area contributed by atoms with E-state index in [0.717, 1.165) is 6.42 Å². The second kappa shape index (κ2) is 14.2. The summed E-state index contributed by atoms with van der Waals surface area (Å²) < 4.78 is 0. The summed E-state index contributed by atoms with van der Waals surface area (Å²) in [5, 5.41) is 0. The Balaban J connectivity index is 1.34. The Hall–Kier alpha value is -5.22. The van der Waals surface area contributed by atoms with Gasteiger partial charge in [-0.3, -0.25) is 0 Å². The predicted octanol–water partition coefficient (Wildman–Crippen LogP) is 15.2. The van der Waals surface area contributed by atoms with Gasteiger partial charge in [-0.1, -0.05) is 171 Å². The van der Waals surface area contributed by atoms with Crippen LogP contribution < -0.4 is 31.1 Å². The van der Waals surface area contributed by atoms with Crippen LogP contribution in [0.1, 0.15) is 164 Å². The van der Waals surface area contributed by atoms with Crippen molar-refractivity contribution in [2.24, 2.45) is 0 Å². The molecule has 6 aromatic rings. The first-order chi connectivity index (χ1) is 30.6.